The fourth-order valence-corrected chi connectivity index (χ4v) is 2.35. The number of carbonyl (C=O) groups is 1. The molecule has 1 amide bonds. The molecule has 0 aliphatic rings. The van der Waals surface area contributed by atoms with Gasteiger partial charge in [-0.3, -0.25) is 4.79 Å². The first-order valence-corrected chi connectivity index (χ1v) is 7.51. The van der Waals surface area contributed by atoms with Crippen LogP contribution in [0.2, 0.25) is 0 Å². The molecule has 0 spiro atoms. The molecule has 1 atom stereocenters. The maximum Gasteiger partial charge on any atom is 0.219 e. The molecule has 0 radical (unpaired) electrons. The molecule has 0 saturated carbocycles. The predicted molar refractivity (Wildman–Crippen MR) is 91.1 cm³/mol. The smallest absolute Gasteiger partial charge is 0.219 e. The standard InChI is InChI=1S/C18H22N2O4/c1-22-16-8-13(14(19)9-18(20)21)15(10-17(16)23-2)24-11-12-6-4-3-5-7-12/h3-8,10,14H,9,11,19H2,1-2H3,(H2,20,21). The largest absolute Gasteiger partial charge is 0.493 e. The van der Waals surface area contributed by atoms with Gasteiger partial charge in [-0.1, -0.05) is 30.3 Å². The summed E-state index contributed by atoms with van der Waals surface area (Å²) in [5, 5.41) is 0. The van der Waals surface area contributed by atoms with Crippen LogP contribution in [-0.4, -0.2) is 20.1 Å². The molecule has 1 unspecified atom stereocenters. The molecule has 0 fully saturated rings. The lowest BCUT2D eigenvalue weighted by molar-refractivity contribution is -0.118. The lowest BCUT2D eigenvalue weighted by Gasteiger charge is -2.19. The van der Waals surface area contributed by atoms with Crippen LogP contribution >= 0.6 is 0 Å². The van der Waals surface area contributed by atoms with Gasteiger partial charge in [0.1, 0.15) is 12.4 Å². The summed E-state index contributed by atoms with van der Waals surface area (Å²) in [6.07, 6.45) is 0.0111. The van der Waals surface area contributed by atoms with E-state index >= 15 is 0 Å². The molecule has 0 saturated heterocycles. The van der Waals surface area contributed by atoms with Gasteiger partial charge in [-0.05, 0) is 11.6 Å². The average molecular weight is 330 g/mol. The number of carbonyl (C=O) groups excluding carboxylic acids is 1. The zero-order valence-electron chi connectivity index (χ0n) is 13.8. The maximum absolute atomic E-state index is 11.2. The Morgan fingerprint density at radius 3 is 2.25 bits per heavy atom. The van der Waals surface area contributed by atoms with Crippen LogP contribution in [0.3, 0.4) is 0 Å². The van der Waals surface area contributed by atoms with Crippen LogP contribution in [0.4, 0.5) is 0 Å². The van der Waals surface area contributed by atoms with Crippen molar-refractivity contribution in [1.29, 1.82) is 0 Å². The number of benzene rings is 2. The Balaban J connectivity index is 2.33. The SMILES string of the molecule is COc1cc(OCc2ccccc2)c(C(N)CC(N)=O)cc1OC. The van der Waals surface area contributed by atoms with Gasteiger partial charge < -0.3 is 25.7 Å². The third-order valence-corrected chi connectivity index (χ3v) is 3.57. The molecular weight excluding hydrogens is 308 g/mol. The van der Waals surface area contributed by atoms with E-state index in [2.05, 4.69) is 0 Å². The summed E-state index contributed by atoms with van der Waals surface area (Å²) in [4.78, 5) is 11.2. The van der Waals surface area contributed by atoms with E-state index in [1.165, 1.54) is 7.11 Å². The number of methoxy groups -OCH3 is 2. The molecule has 0 bridgehead atoms. The number of hydrogen-bond acceptors (Lipinski definition) is 5. The van der Waals surface area contributed by atoms with Gasteiger partial charge in [-0.25, -0.2) is 0 Å². The summed E-state index contributed by atoms with van der Waals surface area (Å²) in [6, 6.07) is 12.6. The molecule has 0 aromatic heterocycles. The zero-order chi connectivity index (χ0) is 17.5. The molecule has 2 rings (SSSR count). The van der Waals surface area contributed by atoms with Crippen LogP contribution < -0.4 is 25.7 Å². The molecule has 128 valence electrons. The van der Waals surface area contributed by atoms with Crippen molar-refractivity contribution in [3.05, 3.63) is 53.6 Å². The van der Waals surface area contributed by atoms with Crippen molar-refractivity contribution in [1.82, 2.24) is 0 Å². The summed E-state index contributed by atoms with van der Waals surface area (Å²) in [7, 11) is 3.08. The van der Waals surface area contributed by atoms with Crippen LogP contribution in [0.15, 0.2) is 42.5 Å². The van der Waals surface area contributed by atoms with Gasteiger partial charge in [-0.15, -0.1) is 0 Å². The first kappa shape index (κ1) is 17.6. The first-order valence-electron chi connectivity index (χ1n) is 7.51. The Hall–Kier alpha value is -2.73. The molecule has 0 heterocycles. The molecule has 6 heteroatoms. The molecule has 6 nitrogen and oxygen atoms in total. The van der Waals surface area contributed by atoms with Crippen molar-refractivity contribution in [2.24, 2.45) is 11.5 Å². The second kappa shape index (κ2) is 8.21. The van der Waals surface area contributed by atoms with E-state index in [1.807, 2.05) is 30.3 Å². The minimum atomic E-state index is -0.590. The fourth-order valence-electron chi connectivity index (χ4n) is 2.35. The summed E-state index contributed by atoms with van der Waals surface area (Å²) in [5.41, 5.74) is 13.0. The van der Waals surface area contributed by atoms with E-state index in [4.69, 9.17) is 25.7 Å². The van der Waals surface area contributed by atoms with Gasteiger partial charge in [-0.2, -0.15) is 0 Å². The Morgan fingerprint density at radius 1 is 1.04 bits per heavy atom. The summed E-state index contributed by atoms with van der Waals surface area (Å²) in [5.74, 6) is 1.09. The van der Waals surface area contributed by atoms with E-state index < -0.39 is 11.9 Å². The van der Waals surface area contributed by atoms with Gasteiger partial charge in [0.2, 0.25) is 5.91 Å². The molecule has 4 N–H and O–H groups in total. The molecule has 2 aromatic rings. The van der Waals surface area contributed by atoms with Crippen molar-refractivity contribution in [3.8, 4) is 17.2 Å². The summed E-state index contributed by atoms with van der Waals surface area (Å²) >= 11 is 0. The number of primary amides is 1. The quantitative estimate of drug-likeness (QED) is 0.773. The number of hydrogen-bond donors (Lipinski definition) is 2. The summed E-state index contributed by atoms with van der Waals surface area (Å²) in [6.45, 7) is 0.368. The van der Waals surface area contributed by atoms with Gasteiger partial charge in [0.25, 0.3) is 0 Å². The molecule has 24 heavy (non-hydrogen) atoms. The van der Waals surface area contributed by atoms with E-state index in [9.17, 15) is 4.79 Å². The highest BCUT2D eigenvalue weighted by Gasteiger charge is 2.19. The van der Waals surface area contributed by atoms with Gasteiger partial charge in [0.05, 0.1) is 14.2 Å². The van der Waals surface area contributed by atoms with Crippen LogP contribution in [0, 0.1) is 0 Å². The van der Waals surface area contributed by atoms with Crippen LogP contribution in [-0.2, 0) is 11.4 Å². The van der Waals surface area contributed by atoms with Crippen molar-refractivity contribution >= 4 is 5.91 Å². The van der Waals surface area contributed by atoms with Crippen LogP contribution in [0.5, 0.6) is 17.2 Å². The lowest BCUT2D eigenvalue weighted by atomic mass is 10.0. The minimum absolute atomic E-state index is 0.0111. The monoisotopic (exact) mass is 330 g/mol. The molecule has 0 aliphatic carbocycles. The Labute approximate surface area is 141 Å². The average Bonchev–Trinajstić information content (AvgIpc) is 2.59. The minimum Gasteiger partial charge on any atom is -0.493 e. The van der Waals surface area contributed by atoms with Gasteiger partial charge in [0.15, 0.2) is 11.5 Å². The number of amides is 1. The number of nitrogens with two attached hydrogens (primary N) is 2. The maximum atomic E-state index is 11.2. The molecule has 0 aliphatic heterocycles. The van der Waals surface area contributed by atoms with Crippen molar-refractivity contribution < 1.29 is 19.0 Å². The number of rotatable bonds is 8. The Kier molecular flexibility index (Phi) is 6.03. The highest BCUT2D eigenvalue weighted by molar-refractivity contribution is 5.75. The van der Waals surface area contributed by atoms with Crippen molar-refractivity contribution in [2.45, 2.75) is 19.1 Å². The third-order valence-electron chi connectivity index (χ3n) is 3.57. The molecular formula is C18H22N2O4. The summed E-state index contributed by atoms with van der Waals surface area (Å²) < 4.78 is 16.5. The number of ether oxygens (including phenoxy) is 3. The highest BCUT2D eigenvalue weighted by Crippen LogP contribution is 2.38. The van der Waals surface area contributed by atoms with Crippen LogP contribution in [0.25, 0.3) is 0 Å². The normalized spacial score (nSPS) is 11.6. The lowest BCUT2D eigenvalue weighted by Crippen LogP contribution is -2.21. The third kappa shape index (κ3) is 4.39. The Bertz CT molecular complexity index is 689. The van der Waals surface area contributed by atoms with Gasteiger partial charge in [0, 0.05) is 24.1 Å². The van der Waals surface area contributed by atoms with Crippen molar-refractivity contribution in [2.75, 3.05) is 14.2 Å². The fraction of sp³-hybridized carbons (Fsp3) is 0.278. The van der Waals surface area contributed by atoms with E-state index in [-0.39, 0.29) is 6.42 Å². The molecule has 2 aromatic carbocycles. The second-order valence-corrected chi connectivity index (χ2v) is 5.30. The van der Waals surface area contributed by atoms with E-state index in [0.717, 1.165) is 5.56 Å². The van der Waals surface area contributed by atoms with E-state index in [1.54, 1.807) is 19.2 Å². The Morgan fingerprint density at radius 2 is 1.67 bits per heavy atom. The van der Waals surface area contributed by atoms with Gasteiger partial charge >= 0.3 is 0 Å². The van der Waals surface area contributed by atoms with E-state index in [0.29, 0.717) is 29.4 Å². The second-order valence-electron chi connectivity index (χ2n) is 5.30. The highest BCUT2D eigenvalue weighted by atomic mass is 16.5. The van der Waals surface area contributed by atoms with Crippen LogP contribution in [0.1, 0.15) is 23.6 Å². The first-order chi connectivity index (χ1) is 11.5. The zero-order valence-corrected chi connectivity index (χ0v) is 13.8. The predicted octanol–water partition coefficient (Wildman–Crippen LogP) is 2.16. The topological polar surface area (TPSA) is 96.8 Å². The van der Waals surface area contributed by atoms with Crippen molar-refractivity contribution in [3.63, 3.8) is 0 Å².